The van der Waals surface area contributed by atoms with E-state index >= 15 is 0 Å². The van der Waals surface area contributed by atoms with Crippen molar-refractivity contribution in [2.75, 3.05) is 13.2 Å². The highest BCUT2D eigenvalue weighted by Gasteiger charge is 2.20. The van der Waals surface area contributed by atoms with Crippen LogP contribution in [0.2, 0.25) is 0 Å². The standard InChI is InChI=1S/C12H24N2O2/c1-9(8-15)7-13-10(2)12(16)14-11-5-3-4-6-11/h9-11,13,15H,3-8H2,1-2H3,(H,14,16). The average Bonchev–Trinajstić information content (AvgIpc) is 2.77. The predicted molar refractivity (Wildman–Crippen MR) is 64.1 cm³/mol. The summed E-state index contributed by atoms with van der Waals surface area (Å²) < 4.78 is 0. The molecular formula is C12H24N2O2. The molecule has 16 heavy (non-hydrogen) atoms. The van der Waals surface area contributed by atoms with Crippen molar-refractivity contribution in [2.24, 2.45) is 5.92 Å². The predicted octanol–water partition coefficient (Wildman–Crippen LogP) is 0.652. The van der Waals surface area contributed by atoms with Crippen molar-refractivity contribution in [3.63, 3.8) is 0 Å². The lowest BCUT2D eigenvalue weighted by Gasteiger charge is -2.19. The fourth-order valence-corrected chi connectivity index (χ4v) is 1.93. The normalized spacial score (nSPS) is 20.7. The van der Waals surface area contributed by atoms with Crippen LogP contribution in [0, 0.1) is 5.92 Å². The molecule has 1 aliphatic rings. The number of rotatable bonds is 6. The molecule has 0 aliphatic heterocycles. The van der Waals surface area contributed by atoms with Gasteiger partial charge in [0.25, 0.3) is 0 Å². The second-order valence-electron chi connectivity index (χ2n) is 4.91. The van der Waals surface area contributed by atoms with Gasteiger partial charge in [0.15, 0.2) is 0 Å². The lowest BCUT2D eigenvalue weighted by molar-refractivity contribution is -0.123. The number of aliphatic hydroxyl groups is 1. The Kier molecular flexibility index (Phi) is 5.77. The van der Waals surface area contributed by atoms with E-state index in [1.54, 1.807) is 0 Å². The Hall–Kier alpha value is -0.610. The summed E-state index contributed by atoms with van der Waals surface area (Å²) in [5.41, 5.74) is 0. The molecule has 1 amide bonds. The fourth-order valence-electron chi connectivity index (χ4n) is 1.93. The van der Waals surface area contributed by atoms with Gasteiger partial charge in [0.05, 0.1) is 6.04 Å². The minimum atomic E-state index is -0.172. The van der Waals surface area contributed by atoms with E-state index in [9.17, 15) is 4.79 Å². The van der Waals surface area contributed by atoms with Gasteiger partial charge in [-0.15, -0.1) is 0 Å². The van der Waals surface area contributed by atoms with Gasteiger partial charge in [-0.25, -0.2) is 0 Å². The van der Waals surface area contributed by atoms with Crippen molar-refractivity contribution in [3.8, 4) is 0 Å². The largest absolute Gasteiger partial charge is 0.396 e. The third-order valence-electron chi connectivity index (χ3n) is 3.18. The van der Waals surface area contributed by atoms with Gasteiger partial charge in [-0.05, 0) is 25.7 Å². The van der Waals surface area contributed by atoms with E-state index in [2.05, 4.69) is 10.6 Å². The number of amides is 1. The van der Waals surface area contributed by atoms with Gasteiger partial charge >= 0.3 is 0 Å². The van der Waals surface area contributed by atoms with Crippen LogP contribution in [0.15, 0.2) is 0 Å². The third kappa shape index (κ3) is 4.49. The van der Waals surface area contributed by atoms with Gasteiger partial charge < -0.3 is 15.7 Å². The molecule has 0 radical (unpaired) electrons. The van der Waals surface area contributed by atoms with Crippen molar-refractivity contribution in [1.82, 2.24) is 10.6 Å². The molecule has 4 nitrogen and oxygen atoms in total. The van der Waals surface area contributed by atoms with E-state index in [0.29, 0.717) is 12.6 Å². The molecule has 4 heteroatoms. The van der Waals surface area contributed by atoms with Gasteiger partial charge in [0.1, 0.15) is 0 Å². The average molecular weight is 228 g/mol. The molecule has 0 aromatic rings. The SMILES string of the molecule is CC(CO)CNC(C)C(=O)NC1CCCC1. The van der Waals surface area contributed by atoms with E-state index in [4.69, 9.17) is 5.11 Å². The van der Waals surface area contributed by atoms with Crippen LogP contribution in [-0.4, -0.2) is 36.2 Å². The highest BCUT2D eigenvalue weighted by molar-refractivity contribution is 5.81. The number of nitrogens with one attached hydrogen (secondary N) is 2. The smallest absolute Gasteiger partial charge is 0.237 e. The zero-order valence-corrected chi connectivity index (χ0v) is 10.3. The van der Waals surface area contributed by atoms with Crippen LogP contribution in [0.3, 0.4) is 0 Å². The van der Waals surface area contributed by atoms with Crippen molar-refractivity contribution in [1.29, 1.82) is 0 Å². The lowest BCUT2D eigenvalue weighted by atomic mass is 10.2. The minimum absolute atomic E-state index is 0.0806. The van der Waals surface area contributed by atoms with E-state index in [1.807, 2.05) is 13.8 Å². The van der Waals surface area contributed by atoms with Crippen molar-refractivity contribution >= 4 is 5.91 Å². The van der Waals surface area contributed by atoms with Crippen LogP contribution >= 0.6 is 0 Å². The third-order valence-corrected chi connectivity index (χ3v) is 3.18. The Morgan fingerprint density at radius 3 is 2.56 bits per heavy atom. The Morgan fingerprint density at radius 1 is 1.38 bits per heavy atom. The molecule has 94 valence electrons. The van der Waals surface area contributed by atoms with Crippen LogP contribution in [0.5, 0.6) is 0 Å². The first-order valence-corrected chi connectivity index (χ1v) is 6.28. The maximum atomic E-state index is 11.8. The van der Waals surface area contributed by atoms with Gasteiger partial charge in [0, 0.05) is 19.2 Å². The quantitative estimate of drug-likeness (QED) is 0.625. The highest BCUT2D eigenvalue weighted by Crippen LogP contribution is 2.17. The molecule has 3 N–H and O–H groups in total. The minimum Gasteiger partial charge on any atom is -0.396 e. The Morgan fingerprint density at radius 2 is 2.00 bits per heavy atom. The van der Waals surface area contributed by atoms with Gasteiger partial charge in [-0.3, -0.25) is 4.79 Å². The maximum Gasteiger partial charge on any atom is 0.237 e. The Balaban J connectivity index is 2.19. The highest BCUT2D eigenvalue weighted by atomic mass is 16.3. The van der Waals surface area contributed by atoms with E-state index in [0.717, 1.165) is 12.8 Å². The molecule has 0 bridgehead atoms. The first kappa shape index (κ1) is 13.5. The van der Waals surface area contributed by atoms with Crippen LogP contribution < -0.4 is 10.6 Å². The summed E-state index contributed by atoms with van der Waals surface area (Å²) in [5.74, 6) is 0.277. The number of hydrogen-bond acceptors (Lipinski definition) is 3. The van der Waals surface area contributed by atoms with Crippen molar-refractivity contribution in [3.05, 3.63) is 0 Å². The Bertz CT molecular complexity index is 215. The second-order valence-corrected chi connectivity index (χ2v) is 4.91. The zero-order valence-electron chi connectivity index (χ0n) is 10.3. The number of aliphatic hydroxyl groups excluding tert-OH is 1. The molecule has 1 saturated carbocycles. The fraction of sp³-hybridized carbons (Fsp3) is 0.917. The first-order chi connectivity index (χ1) is 7.63. The molecule has 1 fully saturated rings. The monoisotopic (exact) mass is 228 g/mol. The maximum absolute atomic E-state index is 11.8. The van der Waals surface area contributed by atoms with Gasteiger partial charge in [-0.2, -0.15) is 0 Å². The molecule has 0 spiro atoms. The molecule has 2 atom stereocenters. The van der Waals surface area contributed by atoms with E-state index in [-0.39, 0.29) is 24.5 Å². The van der Waals surface area contributed by atoms with Crippen molar-refractivity contribution in [2.45, 2.75) is 51.6 Å². The van der Waals surface area contributed by atoms with E-state index < -0.39 is 0 Å². The molecule has 1 aliphatic carbocycles. The molecule has 1 rings (SSSR count). The summed E-state index contributed by atoms with van der Waals surface area (Å²) in [6.07, 6.45) is 4.69. The Labute approximate surface area is 97.8 Å². The first-order valence-electron chi connectivity index (χ1n) is 6.28. The summed E-state index contributed by atoms with van der Waals surface area (Å²) in [6.45, 7) is 4.66. The lowest BCUT2D eigenvalue weighted by Crippen LogP contribution is -2.46. The number of carbonyl (C=O) groups is 1. The number of carbonyl (C=O) groups excluding carboxylic acids is 1. The topological polar surface area (TPSA) is 61.4 Å². The van der Waals surface area contributed by atoms with Crippen LogP contribution in [0.25, 0.3) is 0 Å². The molecule has 0 aromatic carbocycles. The zero-order chi connectivity index (χ0) is 12.0. The number of hydrogen-bond donors (Lipinski definition) is 3. The summed E-state index contributed by atoms with van der Waals surface area (Å²) in [7, 11) is 0. The van der Waals surface area contributed by atoms with Gasteiger partial charge in [-0.1, -0.05) is 19.8 Å². The molecule has 0 aromatic heterocycles. The summed E-state index contributed by atoms with van der Waals surface area (Å²) in [4.78, 5) is 11.8. The summed E-state index contributed by atoms with van der Waals surface area (Å²) in [6, 6.07) is 0.210. The van der Waals surface area contributed by atoms with Crippen LogP contribution in [0.4, 0.5) is 0 Å². The second kappa shape index (κ2) is 6.86. The summed E-state index contributed by atoms with van der Waals surface area (Å²) >= 11 is 0. The molecule has 0 saturated heterocycles. The van der Waals surface area contributed by atoms with Crippen LogP contribution in [0.1, 0.15) is 39.5 Å². The summed E-state index contributed by atoms with van der Waals surface area (Å²) in [5, 5.41) is 15.1. The molecular weight excluding hydrogens is 204 g/mol. The van der Waals surface area contributed by atoms with Gasteiger partial charge in [0.2, 0.25) is 5.91 Å². The van der Waals surface area contributed by atoms with Crippen LogP contribution in [-0.2, 0) is 4.79 Å². The van der Waals surface area contributed by atoms with Crippen molar-refractivity contribution < 1.29 is 9.90 Å². The van der Waals surface area contributed by atoms with E-state index in [1.165, 1.54) is 12.8 Å². The molecule has 2 unspecified atom stereocenters. The molecule has 0 heterocycles.